The van der Waals surface area contributed by atoms with Gasteiger partial charge in [-0.2, -0.15) is 5.10 Å². The lowest BCUT2D eigenvalue weighted by Gasteiger charge is -2.35. The van der Waals surface area contributed by atoms with Crippen molar-refractivity contribution in [1.29, 1.82) is 0 Å². The number of hydrogen-bond donors (Lipinski definition) is 0. The average molecular weight is 329 g/mol. The maximum absolute atomic E-state index is 4.46. The maximum Gasteiger partial charge on any atom is 0.0739 e. The van der Waals surface area contributed by atoms with Gasteiger partial charge in [-0.05, 0) is 28.8 Å². The fourth-order valence-corrected chi connectivity index (χ4v) is 3.17. The Kier molecular flexibility index (Phi) is 5.03. The maximum atomic E-state index is 4.46. The highest BCUT2D eigenvalue weighted by atomic mass is 79.9. The molecular weight excluding hydrogens is 304 g/mol. The summed E-state index contributed by atoms with van der Waals surface area (Å²) in [6.45, 7) is 13.5. The number of rotatable bonds is 4. The zero-order chi connectivity index (χ0) is 14.0. The van der Waals surface area contributed by atoms with Crippen molar-refractivity contribution >= 4 is 15.9 Å². The lowest BCUT2D eigenvalue weighted by Crippen LogP contribution is -2.47. The topological polar surface area (TPSA) is 24.3 Å². The molecule has 2 rings (SSSR count). The van der Waals surface area contributed by atoms with Crippen LogP contribution in [0.2, 0.25) is 0 Å². The van der Waals surface area contributed by atoms with Crippen LogP contribution in [0.25, 0.3) is 0 Å². The molecule has 0 bridgehead atoms. The third kappa shape index (κ3) is 3.80. The standard InChI is InChI=1S/C14H25BrN4/c1-11(2)9-18-5-7-19(8-6-18)10-13-14(15)12(3)16-17(13)4/h11H,5-10H2,1-4H3. The second-order valence-electron chi connectivity index (χ2n) is 5.94. The Hall–Kier alpha value is -0.390. The molecule has 1 fully saturated rings. The second kappa shape index (κ2) is 6.37. The first-order valence-electron chi connectivity index (χ1n) is 7.10. The Bertz CT molecular complexity index is 419. The highest BCUT2D eigenvalue weighted by molar-refractivity contribution is 9.10. The summed E-state index contributed by atoms with van der Waals surface area (Å²) < 4.78 is 3.17. The molecule has 19 heavy (non-hydrogen) atoms. The predicted octanol–water partition coefficient (Wildman–Crippen LogP) is 2.26. The molecule has 0 atom stereocenters. The molecule has 1 aliphatic rings. The fraction of sp³-hybridized carbons (Fsp3) is 0.786. The molecule has 5 heteroatoms. The molecule has 2 heterocycles. The number of nitrogens with zero attached hydrogens (tertiary/aromatic N) is 4. The molecule has 1 aromatic rings. The lowest BCUT2D eigenvalue weighted by atomic mass is 10.2. The van der Waals surface area contributed by atoms with Gasteiger partial charge in [-0.1, -0.05) is 13.8 Å². The third-order valence-corrected chi connectivity index (χ3v) is 4.75. The molecule has 0 saturated carbocycles. The summed E-state index contributed by atoms with van der Waals surface area (Å²) in [6, 6.07) is 0. The van der Waals surface area contributed by atoms with Gasteiger partial charge >= 0.3 is 0 Å². The van der Waals surface area contributed by atoms with E-state index >= 15 is 0 Å². The Morgan fingerprint density at radius 2 is 1.74 bits per heavy atom. The monoisotopic (exact) mass is 328 g/mol. The van der Waals surface area contributed by atoms with Crippen molar-refractivity contribution in [1.82, 2.24) is 19.6 Å². The van der Waals surface area contributed by atoms with Crippen LogP contribution in [-0.2, 0) is 13.6 Å². The molecule has 0 spiro atoms. The van der Waals surface area contributed by atoms with Crippen LogP contribution in [0.3, 0.4) is 0 Å². The SMILES string of the molecule is Cc1nn(C)c(CN2CCN(CC(C)C)CC2)c1Br. The molecule has 4 nitrogen and oxygen atoms in total. The van der Waals surface area contributed by atoms with Gasteiger partial charge in [0.2, 0.25) is 0 Å². The van der Waals surface area contributed by atoms with Crippen molar-refractivity contribution in [3.05, 3.63) is 15.9 Å². The number of halogens is 1. The molecular formula is C14H25BrN4. The van der Waals surface area contributed by atoms with E-state index in [9.17, 15) is 0 Å². The van der Waals surface area contributed by atoms with E-state index in [1.54, 1.807) is 0 Å². The number of hydrogen-bond acceptors (Lipinski definition) is 3. The Labute approximate surface area is 124 Å². The summed E-state index contributed by atoms with van der Waals surface area (Å²) in [5.74, 6) is 0.764. The largest absolute Gasteiger partial charge is 0.301 e. The first-order valence-corrected chi connectivity index (χ1v) is 7.89. The third-order valence-electron chi connectivity index (χ3n) is 3.72. The smallest absolute Gasteiger partial charge is 0.0739 e. The Balaban J connectivity index is 1.89. The quantitative estimate of drug-likeness (QED) is 0.847. The van der Waals surface area contributed by atoms with E-state index in [1.807, 2.05) is 18.7 Å². The van der Waals surface area contributed by atoms with E-state index in [2.05, 4.69) is 44.7 Å². The zero-order valence-electron chi connectivity index (χ0n) is 12.5. The highest BCUT2D eigenvalue weighted by Gasteiger charge is 2.20. The molecule has 0 unspecified atom stereocenters. The van der Waals surface area contributed by atoms with Crippen molar-refractivity contribution in [2.24, 2.45) is 13.0 Å². The van der Waals surface area contributed by atoms with Crippen molar-refractivity contribution in [2.45, 2.75) is 27.3 Å². The summed E-state index contributed by atoms with van der Waals surface area (Å²) in [5.41, 5.74) is 2.37. The zero-order valence-corrected chi connectivity index (χ0v) is 14.1. The highest BCUT2D eigenvalue weighted by Crippen LogP contribution is 2.22. The number of aromatic nitrogens is 2. The molecule has 108 valence electrons. The number of piperazine rings is 1. The van der Waals surface area contributed by atoms with Crippen LogP contribution >= 0.6 is 15.9 Å². The Morgan fingerprint density at radius 1 is 1.16 bits per heavy atom. The van der Waals surface area contributed by atoms with Crippen molar-refractivity contribution in [2.75, 3.05) is 32.7 Å². The van der Waals surface area contributed by atoms with Crippen LogP contribution in [0.1, 0.15) is 25.2 Å². The van der Waals surface area contributed by atoms with Crippen LogP contribution in [0.5, 0.6) is 0 Å². The van der Waals surface area contributed by atoms with Crippen LogP contribution in [0.15, 0.2) is 4.47 Å². The second-order valence-corrected chi connectivity index (χ2v) is 6.73. The van der Waals surface area contributed by atoms with Crippen LogP contribution in [0, 0.1) is 12.8 Å². The van der Waals surface area contributed by atoms with Crippen molar-refractivity contribution < 1.29 is 0 Å². The van der Waals surface area contributed by atoms with Gasteiger partial charge in [0.1, 0.15) is 0 Å². The minimum Gasteiger partial charge on any atom is -0.301 e. The molecule has 0 radical (unpaired) electrons. The van der Waals surface area contributed by atoms with E-state index in [0.717, 1.165) is 31.2 Å². The predicted molar refractivity (Wildman–Crippen MR) is 82.2 cm³/mol. The molecule has 1 aromatic heterocycles. The van der Waals surface area contributed by atoms with Crippen molar-refractivity contribution in [3.8, 4) is 0 Å². The summed E-state index contributed by atoms with van der Waals surface area (Å²) in [7, 11) is 2.03. The average Bonchev–Trinajstić information content (AvgIpc) is 2.58. The fourth-order valence-electron chi connectivity index (χ4n) is 2.71. The van der Waals surface area contributed by atoms with Crippen LogP contribution < -0.4 is 0 Å². The first kappa shape index (κ1) is 15.0. The molecule has 0 amide bonds. The normalized spacial score (nSPS) is 18.4. The lowest BCUT2D eigenvalue weighted by molar-refractivity contribution is 0.115. The minimum atomic E-state index is 0.764. The Morgan fingerprint density at radius 3 is 2.21 bits per heavy atom. The van der Waals surface area contributed by atoms with E-state index in [-0.39, 0.29) is 0 Å². The van der Waals surface area contributed by atoms with Gasteiger partial charge in [-0.15, -0.1) is 0 Å². The summed E-state index contributed by atoms with van der Waals surface area (Å²) in [5, 5.41) is 4.46. The summed E-state index contributed by atoms with van der Waals surface area (Å²) in [6.07, 6.45) is 0. The molecule has 0 aromatic carbocycles. The van der Waals surface area contributed by atoms with Gasteiger partial charge < -0.3 is 4.90 Å². The van der Waals surface area contributed by atoms with Crippen LogP contribution in [-0.4, -0.2) is 52.3 Å². The van der Waals surface area contributed by atoms with Gasteiger partial charge in [-0.3, -0.25) is 9.58 Å². The van der Waals surface area contributed by atoms with Crippen molar-refractivity contribution in [3.63, 3.8) is 0 Å². The van der Waals surface area contributed by atoms with Gasteiger partial charge in [0.25, 0.3) is 0 Å². The summed E-state index contributed by atoms with van der Waals surface area (Å²) in [4.78, 5) is 5.10. The van der Waals surface area contributed by atoms with Gasteiger partial charge in [0.15, 0.2) is 0 Å². The van der Waals surface area contributed by atoms with Crippen LogP contribution in [0.4, 0.5) is 0 Å². The van der Waals surface area contributed by atoms with E-state index in [1.165, 1.54) is 29.8 Å². The summed E-state index contributed by atoms with van der Waals surface area (Å²) >= 11 is 3.65. The molecule has 1 aliphatic heterocycles. The minimum absolute atomic E-state index is 0.764. The van der Waals surface area contributed by atoms with E-state index in [4.69, 9.17) is 0 Å². The van der Waals surface area contributed by atoms with Gasteiger partial charge in [0, 0.05) is 46.3 Å². The van der Waals surface area contributed by atoms with Gasteiger partial charge in [-0.25, -0.2) is 0 Å². The molecule has 0 aliphatic carbocycles. The van der Waals surface area contributed by atoms with E-state index < -0.39 is 0 Å². The van der Waals surface area contributed by atoms with E-state index in [0.29, 0.717) is 0 Å². The molecule has 1 saturated heterocycles. The molecule has 0 N–H and O–H groups in total. The number of aryl methyl sites for hydroxylation is 2. The van der Waals surface area contributed by atoms with Gasteiger partial charge in [0.05, 0.1) is 15.9 Å². The first-order chi connectivity index (χ1) is 8.97.